The number of ether oxygens (including phenoxy) is 2. The lowest BCUT2D eigenvalue weighted by molar-refractivity contribution is -0.121. The van der Waals surface area contributed by atoms with E-state index in [0.717, 1.165) is 79.6 Å². The molecule has 5 rings (SSSR count). The molecule has 2 aliphatic heterocycles. The summed E-state index contributed by atoms with van der Waals surface area (Å²) in [5.41, 5.74) is 4.20. The second kappa shape index (κ2) is 8.89. The minimum atomic E-state index is -0.477. The van der Waals surface area contributed by atoms with E-state index < -0.39 is 5.60 Å². The molecule has 3 aromatic rings. The van der Waals surface area contributed by atoms with Crippen LogP contribution in [0.1, 0.15) is 41.2 Å². The van der Waals surface area contributed by atoms with Crippen LogP contribution in [0.5, 0.6) is 17.2 Å². The number of carbonyl (C=O) groups excluding carboxylic acids is 2. The first-order valence-corrected chi connectivity index (χ1v) is 12.8. The molecule has 2 heterocycles. The lowest BCUT2D eigenvalue weighted by Gasteiger charge is -2.37. The van der Waals surface area contributed by atoms with Gasteiger partial charge in [-0.3, -0.25) is 14.5 Å². The Morgan fingerprint density at radius 3 is 2.53 bits per heavy atom. The van der Waals surface area contributed by atoms with Crippen LogP contribution in [0, 0.1) is 20.8 Å². The van der Waals surface area contributed by atoms with Crippen molar-refractivity contribution in [3.8, 4) is 17.2 Å². The molecule has 2 aliphatic rings. The normalized spacial score (nSPS) is 20.7. The summed E-state index contributed by atoms with van der Waals surface area (Å²) < 4.78 is 12.7. The number of carbonyl (C=O) groups is 2. The van der Waals surface area contributed by atoms with E-state index in [9.17, 15) is 14.7 Å². The number of thioether (sulfide) groups is 1. The number of phenolic OH excluding ortho intramolecular Hbond substituents is 1. The van der Waals surface area contributed by atoms with Gasteiger partial charge in [0.1, 0.15) is 29.5 Å². The number of aromatic hydroxyl groups is 1. The van der Waals surface area contributed by atoms with Gasteiger partial charge in [-0.25, -0.2) is 0 Å². The number of hydrogen-bond acceptors (Lipinski definition) is 6. The smallest absolute Gasteiger partial charge is 0.293 e. The Hall–Kier alpha value is -3.45. The Morgan fingerprint density at radius 1 is 1.08 bits per heavy atom. The molecule has 0 bridgehead atoms. The van der Waals surface area contributed by atoms with Crippen molar-refractivity contribution in [2.24, 2.45) is 0 Å². The summed E-state index contributed by atoms with van der Waals surface area (Å²) in [4.78, 5) is 25.5. The van der Waals surface area contributed by atoms with Crippen LogP contribution in [0.15, 0.2) is 41.3 Å². The van der Waals surface area contributed by atoms with Crippen LogP contribution in [0.25, 0.3) is 16.8 Å². The first-order valence-electron chi connectivity index (χ1n) is 11.9. The molecule has 0 saturated carbocycles. The number of benzene rings is 3. The Morgan fingerprint density at radius 2 is 1.81 bits per heavy atom. The largest absolute Gasteiger partial charge is 0.507 e. The summed E-state index contributed by atoms with van der Waals surface area (Å²) in [6.45, 7) is 8.33. The molecule has 0 aliphatic carbocycles. The maximum absolute atomic E-state index is 12.2. The predicted molar refractivity (Wildman–Crippen MR) is 143 cm³/mol. The van der Waals surface area contributed by atoms with E-state index in [2.05, 4.69) is 6.92 Å². The summed E-state index contributed by atoms with van der Waals surface area (Å²) in [6, 6.07) is 11.8. The number of hydrogen-bond donors (Lipinski definition) is 1. The molecular weight excluding hydrogens is 474 g/mol. The van der Waals surface area contributed by atoms with Crippen molar-refractivity contribution >= 4 is 39.8 Å². The Balaban J connectivity index is 1.32. The molecular formula is C29H29NO5S. The molecule has 3 aromatic carbocycles. The average Bonchev–Trinajstić information content (AvgIpc) is 3.11. The fraction of sp³-hybridized carbons (Fsp3) is 0.310. The molecule has 1 unspecified atom stereocenters. The summed E-state index contributed by atoms with van der Waals surface area (Å²) >= 11 is 0.957. The molecule has 0 radical (unpaired) electrons. The van der Waals surface area contributed by atoms with Crippen molar-refractivity contribution in [1.82, 2.24) is 4.90 Å². The lowest BCUT2D eigenvalue weighted by Crippen LogP contribution is -2.42. The van der Waals surface area contributed by atoms with E-state index in [1.807, 2.05) is 57.2 Å². The Bertz CT molecular complexity index is 1460. The van der Waals surface area contributed by atoms with Gasteiger partial charge in [-0.2, -0.15) is 0 Å². The number of amides is 2. The number of likely N-dealkylation sites (N-methyl/N-ethyl adjacent to an activating group) is 1. The molecule has 1 N–H and O–H groups in total. The van der Waals surface area contributed by atoms with Crippen molar-refractivity contribution in [1.29, 1.82) is 0 Å². The number of phenols is 1. The van der Waals surface area contributed by atoms with E-state index in [1.165, 1.54) is 7.05 Å². The Kier molecular flexibility index (Phi) is 5.99. The van der Waals surface area contributed by atoms with Crippen LogP contribution >= 0.6 is 11.8 Å². The molecule has 6 nitrogen and oxygen atoms in total. The molecule has 36 heavy (non-hydrogen) atoms. The second-order valence-corrected chi connectivity index (χ2v) is 10.9. The molecule has 0 spiro atoms. The molecule has 1 saturated heterocycles. The van der Waals surface area contributed by atoms with Crippen molar-refractivity contribution in [2.45, 2.75) is 46.1 Å². The molecule has 186 valence electrons. The molecule has 2 amide bonds. The fourth-order valence-corrected chi connectivity index (χ4v) is 5.58. The summed E-state index contributed by atoms with van der Waals surface area (Å²) in [5.74, 6) is 1.71. The molecule has 0 aromatic heterocycles. The highest BCUT2D eigenvalue weighted by Crippen LogP contribution is 2.43. The van der Waals surface area contributed by atoms with Gasteiger partial charge in [0, 0.05) is 12.6 Å². The van der Waals surface area contributed by atoms with Gasteiger partial charge in [-0.1, -0.05) is 18.2 Å². The average molecular weight is 504 g/mol. The van der Waals surface area contributed by atoms with Gasteiger partial charge in [0.05, 0.1) is 4.91 Å². The zero-order valence-corrected chi connectivity index (χ0v) is 21.9. The van der Waals surface area contributed by atoms with E-state index in [-0.39, 0.29) is 11.1 Å². The monoisotopic (exact) mass is 503 g/mol. The maximum atomic E-state index is 12.2. The van der Waals surface area contributed by atoms with Crippen molar-refractivity contribution < 1.29 is 24.2 Å². The summed E-state index contributed by atoms with van der Waals surface area (Å²) in [5, 5.41) is 12.2. The van der Waals surface area contributed by atoms with Gasteiger partial charge < -0.3 is 14.6 Å². The quantitative estimate of drug-likeness (QED) is 0.421. The lowest BCUT2D eigenvalue weighted by atomic mass is 9.87. The van der Waals surface area contributed by atoms with Crippen LogP contribution in [0.4, 0.5) is 4.79 Å². The van der Waals surface area contributed by atoms with E-state index in [0.29, 0.717) is 17.3 Å². The minimum Gasteiger partial charge on any atom is -0.507 e. The highest BCUT2D eigenvalue weighted by molar-refractivity contribution is 8.18. The van der Waals surface area contributed by atoms with Crippen molar-refractivity contribution in [3.05, 3.63) is 69.1 Å². The number of imide groups is 1. The van der Waals surface area contributed by atoms with E-state index in [1.54, 1.807) is 6.08 Å². The van der Waals surface area contributed by atoms with Crippen LogP contribution < -0.4 is 9.47 Å². The number of rotatable bonds is 4. The van der Waals surface area contributed by atoms with Crippen molar-refractivity contribution in [2.75, 3.05) is 13.7 Å². The third kappa shape index (κ3) is 4.22. The minimum absolute atomic E-state index is 0.258. The number of fused-ring (bicyclic) bond motifs is 2. The topological polar surface area (TPSA) is 76.1 Å². The van der Waals surface area contributed by atoms with E-state index >= 15 is 0 Å². The van der Waals surface area contributed by atoms with Crippen LogP contribution in [-0.4, -0.2) is 40.4 Å². The first kappa shape index (κ1) is 24.3. The Labute approximate surface area is 214 Å². The SMILES string of the molecule is Cc1c(C)c2c(c(C)c1O)CCC(C)(COc1ccc3cc(/C=C4\SC(=O)N(C)C4=O)ccc3c1)O2. The van der Waals surface area contributed by atoms with Crippen molar-refractivity contribution in [3.63, 3.8) is 0 Å². The zero-order chi connectivity index (χ0) is 25.8. The molecule has 7 heteroatoms. The third-order valence-corrected chi connectivity index (χ3v) is 8.22. The predicted octanol–water partition coefficient (Wildman–Crippen LogP) is 6.30. The second-order valence-electron chi connectivity index (χ2n) is 9.88. The molecule has 1 fully saturated rings. The van der Waals surface area contributed by atoms with Crippen LogP contribution in [0.3, 0.4) is 0 Å². The zero-order valence-electron chi connectivity index (χ0n) is 21.1. The van der Waals surface area contributed by atoms with Crippen LogP contribution in [0.2, 0.25) is 0 Å². The van der Waals surface area contributed by atoms with Crippen LogP contribution in [-0.2, 0) is 11.2 Å². The highest BCUT2D eigenvalue weighted by atomic mass is 32.2. The summed E-state index contributed by atoms with van der Waals surface area (Å²) in [7, 11) is 1.49. The summed E-state index contributed by atoms with van der Waals surface area (Å²) in [6.07, 6.45) is 3.37. The number of nitrogens with zero attached hydrogens (tertiary/aromatic N) is 1. The fourth-order valence-electron chi connectivity index (χ4n) is 4.75. The van der Waals surface area contributed by atoms with Gasteiger partial charge in [-0.15, -0.1) is 0 Å². The van der Waals surface area contributed by atoms with Gasteiger partial charge in [0.2, 0.25) is 0 Å². The van der Waals surface area contributed by atoms with E-state index in [4.69, 9.17) is 9.47 Å². The van der Waals surface area contributed by atoms with Gasteiger partial charge in [0.25, 0.3) is 11.1 Å². The van der Waals surface area contributed by atoms with Gasteiger partial charge in [0.15, 0.2) is 0 Å². The van der Waals surface area contributed by atoms with Gasteiger partial charge in [-0.05, 0) is 110 Å². The highest BCUT2D eigenvalue weighted by Gasteiger charge is 2.35. The van der Waals surface area contributed by atoms with Gasteiger partial charge >= 0.3 is 0 Å². The first-order chi connectivity index (χ1) is 17.1. The maximum Gasteiger partial charge on any atom is 0.293 e. The molecule has 1 atom stereocenters. The standard InChI is InChI=1S/C29H29NO5S/c1-16-17(2)26-23(18(3)25(16)31)10-11-29(4,35-26)15-34-22-9-8-20-12-19(6-7-21(20)14-22)13-24-27(32)30(5)28(33)36-24/h6-9,12-14,31H,10-11,15H2,1-5H3/b24-13-. The third-order valence-electron chi connectivity index (χ3n) is 7.26.